The Labute approximate surface area is 130 Å². The molecule has 0 aliphatic carbocycles. The number of benzene rings is 1. The second-order valence-electron chi connectivity index (χ2n) is 4.67. The summed E-state index contributed by atoms with van der Waals surface area (Å²) in [6.45, 7) is 0. The topological polar surface area (TPSA) is 81.0 Å². The molecule has 3 rings (SSSR count). The zero-order valence-corrected chi connectivity index (χ0v) is 11.8. The van der Waals surface area contributed by atoms with Crippen LogP contribution in [0.1, 0.15) is 0 Å². The van der Waals surface area contributed by atoms with Gasteiger partial charge in [-0.2, -0.15) is 4.39 Å². The third-order valence-electron chi connectivity index (χ3n) is 3.19. The molecule has 23 heavy (non-hydrogen) atoms. The van der Waals surface area contributed by atoms with Crippen LogP contribution in [0.4, 0.5) is 21.6 Å². The van der Waals surface area contributed by atoms with Crippen molar-refractivity contribution in [3.05, 3.63) is 77.0 Å². The van der Waals surface area contributed by atoms with E-state index in [-0.39, 0.29) is 5.69 Å². The predicted octanol–water partition coefficient (Wildman–Crippen LogP) is 3.93. The van der Waals surface area contributed by atoms with Gasteiger partial charge in [-0.15, -0.1) is 0 Å². The second kappa shape index (κ2) is 6.18. The maximum Gasteiger partial charge on any atom is 0.292 e. The van der Waals surface area contributed by atoms with Crippen LogP contribution in [-0.4, -0.2) is 14.9 Å². The molecule has 0 atom stereocenters. The van der Waals surface area contributed by atoms with E-state index >= 15 is 0 Å². The molecule has 1 aromatic carbocycles. The Hall–Kier alpha value is -3.35. The smallest absolute Gasteiger partial charge is 0.292 e. The van der Waals surface area contributed by atoms with Crippen LogP contribution < -0.4 is 5.32 Å². The monoisotopic (exact) mass is 310 g/mol. The Morgan fingerprint density at radius 2 is 1.87 bits per heavy atom. The summed E-state index contributed by atoms with van der Waals surface area (Å²) in [6.07, 6.45) is 2.87. The highest BCUT2D eigenvalue weighted by molar-refractivity contribution is 5.71. The molecule has 6 nitrogen and oxygen atoms in total. The first-order valence-corrected chi connectivity index (χ1v) is 6.72. The minimum absolute atomic E-state index is 0.0627. The van der Waals surface area contributed by atoms with Crippen LogP contribution in [0.3, 0.4) is 0 Å². The number of halogens is 1. The molecule has 7 heteroatoms. The van der Waals surface area contributed by atoms with E-state index in [1.165, 1.54) is 18.5 Å². The predicted molar refractivity (Wildman–Crippen MR) is 83.8 cm³/mol. The normalized spacial score (nSPS) is 10.3. The van der Waals surface area contributed by atoms with Gasteiger partial charge in [0.2, 0.25) is 5.95 Å². The third-order valence-corrected chi connectivity index (χ3v) is 3.19. The first kappa shape index (κ1) is 14.6. The van der Waals surface area contributed by atoms with Crippen LogP contribution in [0.25, 0.3) is 11.1 Å². The van der Waals surface area contributed by atoms with Gasteiger partial charge in [-0.25, -0.2) is 9.97 Å². The lowest BCUT2D eigenvalue weighted by atomic mass is 10.1. The lowest BCUT2D eigenvalue weighted by molar-refractivity contribution is -0.383. The molecule has 0 amide bonds. The molecule has 3 aromatic rings. The van der Waals surface area contributed by atoms with E-state index < -0.39 is 10.9 Å². The summed E-state index contributed by atoms with van der Waals surface area (Å²) in [5, 5.41) is 13.9. The van der Waals surface area contributed by atoms with E-state index in [0.717, 1.165) is 0 Å². The van der Waals surface area contributed by atoms with Crippen LogP contribution in [0, 0.1) is 16.1 Å². The molecule has 0 bridgehead atoms. The molecule has 0 spiro atoms. The highest BCUT2D eigenvalue weighted by Gasteiger charge is 2.13. The summed E-state index contributed by atoms with van der Waals surface area (Å²) in [6, 6.07) is 12.7. The first-order chi connectivity index (χ1) is 11.1. The van der Waals surface area contributed by atoms with Gasteiger partial charge in [-0.1, -0.05) is 12.1 Å². The van der Waals surface area contributed by atoms with Crippen molar-refractivity contribution >= 4 is 17.2 Å². The number of nitro benzene ring substituents is 1. The molecule has 0 saturated carbocycles. The molecule has 0 radical (unpaired) electrons. The van der Waals surface area contributed by atoms with Crippen LogP contribution in [0.5, 0.6) is 0 Å². The molecule has 2 heterocycles. The Bertz CT molecular complexity index is 870. The molecule has 0 aliphatic rings. The number of para-hydroxylation sites is 2. The van der Waals surface area contributed by atoms with E-state index in [9.17, 15) is 14.5 Å². The largest absolute Gasteiger partial charge is 0.335 e. The summed E-state index contributed by atoms with van der Waals surface area (Å²) < 4.78 is 13.8. The summed E-state index contributed by atoms with van der Waals surface area (Å²) >= 11 is 0. The number of rotatable bonds is 4. The van der Waals surface area contributed by atoms with Gasteiger partial charge in [-0.3, -0.25) is 10.1 Å². The number of nitrogens with one attached hydrogen (secondary N) is 1. The summed E-state index contributed by atoms with van der Waals surface area (Å²) in [4.78, 5) is 18.3. The average Bonchev–Trinajstić information content (AvgIpc) is 2.56. The summed E-state index contributed by atoms with van der Waals surface area (Å²) in [7, 11) is 0. The molecule has 1 N–H and O–H groups in total. The van der Waals surface area contributed by atoms with Crippen molar-refractivity contribution in [2.45, 2.75) is 0 Å². The number of anilines is 2. The summed E-state index contributed by atoms with van der Waals surface area (Å²) in [5.74, 6) is -0.213. The van der Waals surface area contributed by atoms with E-state index in [1.807, 2.05) is 0 Å². The third kappa shape index (κ3) is 3.13. The van der Waals surface area contributed by atoms with Crippen molar-refractivity contribution in [2.75, 3.05) is 5.32 Å². The highest BCUT2D eigenvalue weighted by Crippen LogP contribution is 2.28. The van der Waals surface area contributed by atoms with Crippen LogP contribution in [0.2, 0.25) is 0 Å². The molecule has 0 aliphatic heterocycles. The van der Waals surface area contributed by atoms with E-state index in [1.54, 1.807) is 42.5 Å². The number of aromatic nitrogens is 2. The van der Waals surface area contributed by atoms with E-state index in [4.69, 9.17) is 0 Å². The fourth-order valence-corrected chi connectivity index (χ4v) is 2.14. The SMILES string of the molecule is O=[N+]([O-])c1ccccc1Nc1cc(-c2cccnc2F)ccn1. The van der Waals surface area contributed by atoms with Crippen molar-refractivity contribution < 1.29 is 9.31 Å². The first-order valence-electron chi connectivity index (χ1n) is 6.72. The van der Waals surface area contributed by atoms with Gasteiger partial charge in [0.25, 0.3) is 5.69 Å². The van der Waals surface area contributed by atoms with Gasteiger partial charge < -0.3 is 5.32 Å². The van der Waals surface area contributed by atoms with Gasteiger partial charge in [-0.05, 0) is 35.9 Å². The Kier molecular flexibility index (Phi) is 3.92. The summed E-state index contributed by atoms with van der Waals surface area (Å²) in [5.41, 5.74) is 1.16. The molecular weight excluding hydrogens is 299 g/mol. The molecule has 2 aromatic heterocycles. The van der Waals surface area contributed by atoms with Crippen molar-refractivity contribution in [1.82, 2.24) is 9.97 Å². The van der Waals surface area contributed by atoms with Crippen LogP contribution in [0.15, 0.2) is 60.9 Å². The number of nitrogens with zero attached hydrogens (tertiary/aromatic N) is 3. The number of pyridine rings is 2. The maximum absolute atomic E-state index is 13.8. The van der Waals surface area contributed by atoms with Gasteiger partial charge in [0.1, 0.15) is 11.5 Å². The Morgan fingerprint density at radius 3 is 2.65 bits per heavy atom. The van der Waals surface area contributed by atoms with Gasteiger partial charge in [0, 0.05) is 24.0 Å². The lowest BCUT2D eigenvalue weighted by Gasteiger charge is -2.08. The lowest BCUT2D eigenvalue weighted by Crippen LogP contribution is -1.98. The van der Waals surface area contributed by atoms with Crippen molar-refractivity contribution in [3.8, 4) is 11.1 Å². The number of nitro groups is 1. The highest BCUT2D eigenvalue weighted by atomic mass is 19.1. The van der Waals surface area contributed by atoms with Crippen molar-refractivity contribution in [1.29, 1.82) is 0 Å². The molecule has 114 valence electrons. The quantitative estimate of drug-likeness (QED) is 0.448. The number of hydrogen-bond acceptors (Lipinski definition) is 5. The van der Waals surface area contributed by atoms with Gasteiger partial charge in [0.15, 0.2) is 0 Å². The fraction of sp³-hybridized carbons (Fsp3) is 0. The van der Waals surface area contributed by atoms with Gasteiger partial charge >= 0.3 is 0 Å². The Morgan fingerprint density at radius 1 is 1.04 bits per heavy atom. The van der Waals surface area contributed by atoms with E-state index in [0.29, 0.717) is 22.6 Å². The zero-order valence-electron chi connectivity index (χ0n) is 11.8. The van der Waals surface area contributed by atoms with Crippen LogP contribution >= 0.6 is 0 Å². The minimum atomic E-state index is -0.588. The molecule has 0 unspecified atom stereocenters. The van der Waals surface area contributed by atoms with E-state index in [2.05, 4.69) is 15.3 Å². The fourth-order valence-electron chi connectivity index (χ4n) is 2.14. The van der Waals surface area contributed by atoms with Crippen molar-refractivity contribution in [3.63, 3.8) is 0 Å². The van der Waals surface area contributed by atoms with Crippen LogP contribution in [-0.2, 0) is 0 Å². The minimum Gasteiger partial charge on any atom is -0.335 e. The van der Waals surface area contributed by atoms with Gasteiger partial charge in [0.05, 0.1) is 4.92 Å². The zero-order chi connectivity index (χ0) is 16.2. The number of hydrogen-bond donors (Lipinski definition) is 1. The standard InChI is InChI=1S/C16H11FN4O2/c17-16-12(4-3-8-19-16)11-7-9-18-15(10-11)20-13-5-1-2-6-14(13)21(22)23/h1-10H,(H,18,20). The molecular formula is C16H11FN4O2. The average molecular weight is 310 g/mol. The van der Waals surface area contributed by atoms with Crippen molar-refractivity contribution in [2.24, 2.45) is 0 Å². The maximum atomic E-state index is 13.8. The second-order valence-corrected chi connectivity index (χ2v) is 4.67. The molecule has 0 fully saturated rings. The Balaban J connectivity index is 1.96. The molecule has 0 saturated heterocycles.